The lowest BCUT2D eigenvalue weighted by Crippen LogP contribution is -2.28. The maximum absolute atomic E-state index is 4.15. The molecule has 1 aromatic rings. The molecule has 1 aliphatic rings. The van der Waals surface area contributed by atoms with Crippen LogP contribution in [-0.2, 0) is 6.54 Å². The standard InChI is InChI=1S/C13H18N2/c1-11-7-8-14-9-12(11)10-15-13-5-3-2-4-6-13/h3,5,7-9,13,15H,2,4,6,10H2,1H3. The van der Waals surface area contributed by atoms with Crippen LogP contribution >= 0.6 is 0 Å². The van der Waals surface area contributed by atoms with Crippen LogP contribution in [0.3, 0.4) is 0 Å². The largest absolute Gasteiger partial charge is 0.306 e. The predicted octanol–water partition coefficient (Wildman–Crippen LogP) is 2.59. The highest BCUT2D eigenvalue weighted by Gasteiger charge is 2.07. The third-order valence-corrected chi connectivity index (χ3v) is 2.96. The zero-order chi connectivity index (χ0) is 10.5. The summed E-state index contributed by atoms with van der Waals surface area (Å²) in [5.41, 5.74) is 2.62. The number of nitrogens with one attached hydrogen (secondary N) is 1. The van der Waals surface area contributed by atoms with Crippen molar-refractivity contribution in [2.24, 2.45) is 0 Å². The molecule has 1 heterocycles. The quantitative estimate of drug-likeness (QED) is 0.762. The van der Waals surface area contributed by atoms with Crippen LogP contribution in [0.25, 0.3) is 0 Å². The molecule has 0 spiro atoms. The van der Waals surface area contributed by atoms with Gasteiger partial charge in [0.1, 0.15) is 0 Å². The Bertz CT molecular complexity index is 344. The van der Waals surface area contributed by atoms with Crippen LogP contribution in [0.15, 0.2) is 30.6 Å². The Morgan fingerprint density at radius 3 is 3.20 bits per heavy atom. The molecule has 1 atom stereocenters. The van der Waals surface area contributed by atoms with E-state index >= 15 is 0 Å². The van der Waals surface area contributed by atoms with Gasteiger partial charge in [-0.3, -0.25) is 4.98 Å². The van der Waals surface area contributed by atoms with Crippen LogP contribution in [0.4, 0.5) is 0 Å². The average Bonchev–Trinajstić information content (AvgIpc) is 2.29. The minimum atomic E-state index is 0.554. The van der Waals surface area contributed by atoms with Gasteiger partial charge in [-0.2, -0.15) is 0 Å². The lowest BCUT2D eigenvalue weighted by atomic mass is 10.0. The molecule has 0 aliphatic heterocycles. The third-order valence-electron chi connectivity index (χ3n) is 2.96. The first-order valence-corrected chi connectivity index (χ1v) is 5.66. The van der Waals surface area contributed by atoms with Crippen molar-refractivity contribution in [2.45, 2.75) is 38.8 Å². The van der Waals surface area contributed by atoms with Crippen LogP contribution in [-0.4, -0.2) is 11.0 Å². The van der Waals surface area contributed by atoms with E-state index in [9.17, 15) is 0 Å². The van der Waals surface area contributed by atoms with E-state index in [-0.39, 0.29) is 0 Å². The van der Waals surface area contributed by atoms with E-state index in [4.69, 9.17) is 0 Å². The molecule has 0 amide bonds. The number of rotatable bonds is 3. The van der Waals surface area contributed by atoms with Crippen LogP contribution in [0.5, 0.6) is 0 Å². The van der Waals surface area contributed by atoms with Crippen molar-refractivity contribution in [1.29, 1.82) is 0 Å². The zero-order valence-corrected chi connectivity index (χ0v) is 9.24. The Morgan fingerprint density at radius 1 is 1.53 bits per heavy atom. The van der Waals surface area contributed by atoms with E-state index in [0.29, 0.717) is 6.04 Å². The Labute approximate surface area is 91.4 Å². The summed E-state index contributed by atoms with van der Waals surface area (Å²) in [5, 5.41) is 3.55. The van der Waals surface area contributed by atoms with Crippen molar-refractivity contribution in [3.63, 3.8) is 0 Å². The fourth-order valence-corrected chi connectivity index (χ4v) is 1.91. The van der Waals surface area contributed by atoms with Gasteiger partial charge in [0, 0.05) is 25.0 Å². The average molecular weight is 202 g/mol. The van der Waals surface area contributed by atoms with Crippen molar-refractivity contribution in [3.8, 4) is 0 Å². The number of allylic oxidation sites excluding steroid dienone is 1. The Morgan fingerprint density at radius 2 is 2.47 bits per heavy atom. The molecule has 0 saturated carbocycles. The molecule has 0 fully saturated rings. The van der Waals surface area contributed by atoms with Gasteiger partial charge >= 0.3 is 0 Å². The fourth-order valence-electron chi connectivity index (χ4n) is 1.91. The first kappa shape index (κ1) is 10.4. The minimum absolute atomic E-state index is 0.554. The van der Waals surface area contributed by atoms with Crippen LogP contribution in [0.2, 0.25) is 0 Å². The van der Waals surface area contributed by atoms with Gasteiger partial charge < -0.3 is 5.32 Å². The number of aromatic nitrogens is 1. The van der Waals surface area contributed by atoms with E-state index in [0.717, 1.165) is 6.54 Å². The second-order valence-electron chi connectivity index (χ2n) is 4.15. The van der Waals surface area contributed by atoms with Crippen LogP contribution in [0, 0.1) is 6.92 Å². The summed E-state index contributed by atoms with van der Waals surface area (Å²) in [5.74, 6) is 0. The van der Waals surface area contributed by atoms with E-state index in [2.05, 4.69) is 35.4 Å². The highest BCUT2D eigenvalue weighted by Crippen LogP contribution is 2.11. The number of hydrogen-bond acceptors (Lipinski definition) is 2. The first-order chi connectivity index (χ1) is 7.36. The fraction of sp³-hybridized carbons (Fsp3) is 0.462. The maximum atomic E-state index is 4.15. The summed E-state index contributed by atoms with van der Waals surface area (Å²) in [7, 11) is 0. The summed E-state index contributed by atoms with van der Waals surface area (Å²) in [6.45, 7) is 3.06. The number of aryl methyl sites for hydroxylation is 1. The molecule has 80 valence electrons. The second-order valence-corrected chi connectivity index (χ2v) is 4.15. The summed E-state index contributed by atoms with van der Waals surface area (Å²) >= 11 is 0. The molecule has 1 aromatic heterocycles. The third kappa shape index (κ3) is 2.90. The topological polar surface area (TPSA) is 24.9 Å². The van der Waals surface area contributed by atoms with Crippen molar-refractivity contribution >= 4 is 0 Å². The molecule has 2 rings (SSSR count). The summed E-state index contributed by atoms with van der Waals surface area (Å²) in [6.07, 6.45) is 12.2. The van der Waals surface area contributed by atoms with E-state index in [1.54, 1.807) is 0 Å². The van der Waals surface area contributed by atoms with E-state index < -0.39 is 0 Å². The SMILES string of the molecule is Cc1ccncc1CNC1C=CCCC1. The number of pyridine rings is 1. The van der Waals surface area contributed by atoms with Crippen molar-refractivity contribution in [3.05, 3.63) is 41.7 Å². The lowest BCUT2D eigenvalue weighted by Gasteiger charge is -2.18. The summed E-state index contributed by atoms with van der Waals surface area (Å²) in [6, 6.07) is 2.62. The summed E-state index contributed by atoms with van der Waals surface area (Å²) < 4.78 is 0. The first-order valence-electron chi connectivity index (χ1n) is 5.66. The second kappa shape index (κ2) is 5.08. The molecule has 0 bridgehead atoms. The molecule has 1 N–H and O–H groups in total. The zero-order valence-electron chi connectivity index (χ0n) is 9.24. The Hall–Kier alpha value is -1.15. The van der Waals surface area contributed by atoms with Gasteiger partial charge in [0.2, 0.25) is 0 Å². The van der Waals surface area contributed by atoms with Gasteiger partial charge in [0.05, 0.1) is 0 Å². The van der Waals surface area contributed by atoms with Gasteiger partial charge in [-0.1, -0.05) is 12.2 Å². The minimum Gasteiger partial charge on any atom is -0.306 e. The van der Waals surface area contributed by atoms with Gasteiger partial charge in [0.25, 0.3) is 0 Å². The normalized spacial score (nSPS) is 20.5. The van der Waals surface area contributed by atoms with Crippen molar-refractivity contribution < 1.29 is 0 Å². The molecule has 0 saturated heterocycles. The van der Waals surface area contributed by atoms with Crippen molar-refractivity contribution in [1.82, 2.24) is 10.3 Å². The van der Waals surface area contributed by atoms with E-state index in [1.165, 1.54) is 30.4 Å². The molecular formula is C13H18N2. The predicted molar refractivity (Wildman–Crippen MR) is 62.6 cm³/mol. The highest BCUT2D eigenvalue weighted by atomic mass is 14.9. The highest BCUT2D eigenvalue weighted by molar-refractivity contribution is 5.21. The van der Waals surface area contributed by atoms with Gasteiger partial charge in [-0.25, -0.2) is 0 Å². The Kier molecular flexibility index (Phi) is 3.51. The van der Waals surface area contributed by atoms with Gasteiger partial charge in [0.15, 0.2) is 0 Å². The van der Waals surface area contributed by atoms with Crippen LogP contribution < -0.4 is 5.32 Å². The van der Waals surface area contributed by atoms with Gasteiger partial charge in [-0.15, -0.1) is 0 Å². The maximum Gasteiger partial charge on any atom is 0.0315 e. The summed E-state index contributed by atoms with van der Waals surface area (Å²) in [4.78, 5) is 4.15. The molecule has 0 aromatic carbocycles. The lowest BCUT2D eigenvalue weighted by molar-refractivity contribution is 0.521. The molecule has 2 nitrogen and oxygen atoms in total. The van der Waals surface area contributed by atoms with E-state index in [1.807, 2.05) is 12.4 Å². The monoisotopic (exact) mass is 202 g/mol. The van der Waals surface area contributed by atoms with Gasteiger partial charge in [-0.05, 0) is 43.4 Å². The van der Waals surface area contributed by atoms with Crippen LogP contribution in [0.1, 0.15) is 30.4 Å². The smallest absolute Gasteiger partial charge is 0.0315 e. The number of hydrogen-bond donors (Lipinski definition) is 1. The molecule has 1 aliphatic carbocycles. The Balaban J connectivity index is 1.90. The number of nitrogens with zero attached hydrogens (tertiary/aromatic N) is 1. The molecule has 1 unspecified atom stereocenters. The van der Waals surface area contributed by atoms with Crippen molar-refractivity contribution in [2.75, 3.05) is 0 Å². The molecular weight excluding hydrogens is 184 g/mol. The molecule has 15 heavy (non-hydrogen) atoms. The molecule has 2 heteroatoms. The molecule has 0 radical (unpaired) electrons.